The maximum absolute atomic E-state index is 12.4. The van der Waals surface area contributed by atoms with Gasteiger partial charge >= 0.3 is 6.03 Å². The zero-order valence-electron chi connectivity index (χ0n) is 13.8. The molecule has 0 bridgehead atoms. The van der Waals surface area contributed by atoms with Gasteiger partial charge in [-0.1, -0.05) is 0 Å². The smallest absolute Gasteiger partial charge is 0.321 e. The van der Waals surface area contributed by atoms with Gasteiger partial charge in [-0.05, 0) is 6.42 Å². The SMILES string of the molecule is COc1cc(NC(=O)N2CCCN(C(C)=O)CC2)cc(OC)c1. The number of hydrogen-bond donors (Lipinski definition) is 1. The van der Waals surface area contributed by atoms with Gasteiger partial charge in [-0.15, -0.1) is 0 Å². The zero-order chi connectivity index (χ0) is 16.8. The van der Waals surface area contributed by atoms with Crippen molar-refractivity contribution >= 4 is 17.6 Å². The number of carbonyl (C=O) groups is 2. The van der Waals surface area contributed by atoms with E-state index in [1.54, 1.807) is 49.1 Å². The summed E-state index contributed by atoms with van der Waals surface area (Å²) < 4.78 is 10.4. The molecule has 1 aliphatic heterocycles. The Labute approximate surface area is 136 Å². The fraction of sp³-hybridized carbons (Fsp3) is 0.500. The van der Waals surface area contributed by atoms with E-state index in [9.17, 15) is 9.59 Å². The third-order valence-electron chi connectivity index (χ3n) is 3.83. The van der Waals surface area contributed by atoms with E-state index in [2.05, 4.69) is 5.32 Å². The molecule has 0 aliphatic carbocycles. The number of benzene rings is 1. The fourth-order valence-electron chi connectivity index (χ4n) is 2.52. The minimum Gasteiger partial charge on any atom is -0.497 e. The van der Waals surface area contributed by atoms with E-state index < -0.39 is 0 Å². The number of anilines is 1. The van der Waals surface area contributed by atoms with Crippen LogP contribution in [0.3, 0.4) is 0 Å². The third kappa shape index (κ3) is 4.51. The molecule has 1 N–H and O–H groups in total. The quantitative estimate of drug-likeness (QED) is 0.921. The second-order valence-electron chi connectivity index (χ2n) is 5.38. The van der Waals surface area contributed by atoms with E-state index in [0.29, 0.717) is 43.4 Å². The number of amides is 3. The van der Waals surface area contributed by atoms with Crippen LogP contribution < -0.4 is 14.8 Å². The Hall–Kier alpha value is -2.44. The predicted molar refractivity (Wildman–Crippen MR) is 87.0 cm³/mol. The lowest BCUT2D eigenvalue weighted by Gasteiger charge is -2.22. The summed E-state index contributed by atoms with van der Waals surface area (Å²) in [6.45, 7) is 3.94. The lowest BCUT2D eigenvalue weighted by Crippen LogP contribution is -2.38. The van der Waals surface area contributed by atoms with Crippen LogP contribution in [0.4, 0.5) is 10.5 Å². The second kappa shape index (κ2) is 7.71. The summed E-state index contributed by atoms with van der Waals surface area (Å²) >= 11 is 0. The summed E-state index contributed by atoms with van der Waals surface area (Å²) in [6, 6.07) is 5.03. The summed E-state index contributed by atoms with van der Waals surface area (Å²) in [4.78, 5) is 27.3. The van der Waals surface area contributed by atoms with Crippen molar-refractivity contribution in [3.8, 4) is 11.5 Å². The summed E-state index contributed by atoms with van der Waals surface area (Å²) in [5, 5.41) is 2.86. The largest absolute Gasteiger partial charge is 0.497 e. The van der Waals surface area contributed by atoms with E-state index in [1.165, 1.54) is 0 Å². The molecule has 0 saturated carbocycles. The van der Waals surface area contributed by atoms with Crippen molar-refractivity contribution in [2.75, 3.05) is 45.7 Å². The van der Waals surface area contributed by atoms with Gasteiger partial charge in [-0.2, -0.15) is 0 Å². The van der Waals surface area contributed by atoms with Crippen molar-refractivity contribution in [3.63, 3.8) is 0 Å². The molecule has 7 heteroatoms. The maximum Gasteiger partial charge on any atom is 0.321 e. The van der Waals surface area contributed by atoms with Gasteiger partial charge in [0, 0.05) is 57.0 Å². The first kappa shape index (κ1) is 16.9. The van der Waals surface area contributed by atoms with E-state index in [-0.39, 0.29) is 11.9 Å². The lowest BCUT2D eigenvalue weighted by atomic mass is 10.2. The number of nitrogens with one attached hydrogen (secondary N) is 1. The number of ether oxygens (including phenoxy) is 2. The molecule has 1 aliphatic rings. The van der Waals surface area contributed by atoms with Gasteiger partial charge in [0.25, 0.3) is 0 Å². The molecule has 2 rings (SSSR count). The Morgan fingerprint density at radius 2 is 1.52 bits per heavy atom. The van der Waals surface area contributed by atoms with Gasteiger partial charge < -0.3 is 24.6 Å². The number of hydrogen-bond acceptors (Lipinski definition) is 4. The first-order valence-corrected chi connectivity index (χ1v) is 7.58. The molecule has 1 aromatic rings. The molecule has 126 valence electrons. The van der Waals surface area contributed by atoms with Crippen LogP contribution in [0, 0.1) is 0 Å². The van der Waals surface area contributed by atoms with Crippen molar-refractivity contribution in [2.24, 2.45) is 0 Å². The highest BCUT2D eigenvalue weighted by atomic mass is 16.5. The molecule has 1 heterocycles. The molecule has 7 nitrogen and oxygen atoms in total. The minimum atomic E-state index is -0.189. The molecular formula is C16H23N3O4. The number of rotatable bonds is 3. The number of urea groups is 1. The summed E-state index contributed by atoms with van der Waals surface area (Å²) in [6.07, 6.45) is 0.772. The van der Waals surface area contributed by atoms with Gasteiger partial charge in [-0.25, -0.2) is 4.79 Å². The highest BCUT2D eigenvalue weighted by molar-refractivity contribution is 5.90. The molecule has 0 atom stereocenters. The van der Waals surface area contributed by atoms with Crippen molar-refractivity contribution in [1.82, 2.24) is 9.80 Å². The highest BCUT2D eigenvalue weighted by Gasteiger charge is 2.20. The molecule has 23 heavy (non-hydrogen) atoms. The van der Waals surface area contributed by atoms with Gasteiger partial charge in [0.2, 0.25) is 5.91 Å². The van der Waals surface area contributed by atoms with Gasteiger partial charge in [-0.3, -0.25) is 4.79 Å². The first-order valence-electron chi connectivity index (χ1n) is 7.58. The fourth-order valence-corrected chi connectivity index (χ4v) is 2.52. The molecule has 3 amide bonds. The Kier molecular flexibility index (Phi) is 5.67. The van der Waals surface area contributed by atoms with Crippen LogP contribution in [-0.2, 0) is 4.79 Å². The molecule has 0 radical (unpaired) electrons. The molecular weight excluding hydrogens is 298 g/mol. The van der Waals surface area contributed by atoms with Crippen LogP contribution in [-0.4, -0.2) is 62.1 Å². The number of carbonyl (C=O) groups excluding carboxylic acids is 2. The van der Waals surface area contributed by atoms with E-state index in [0.717, 1.165) is 6.42 Å². The molecule has 0 aromatic heterocycles. The van der Waals surface area contributed by atoms with Crippen molar-refractivity contribution in [2.45, 2.75) is 13.3 Å². The standard InChI is InChI=1S/C16H23N3O4/c1-12(20)18-5-4-6-19(8-7-18)16(21)17-13-9-14(22-2)11-15(10-13)23-3/h9-11H,4-8H2,1-3H3,(H,17,21). The van der Waals surface area contributed by atoms with Crippen LogP contribution in [0.1, 0.15) is 13.3 Å². The summed E-state index contributed by atoms with van der Waals surface area (Å²) in [7, 11) is 3.12. The minimum absolute atomic E-state index is 0.0461. The third-order valence-corrected chi connectivity index (χ3v) is 3.83. The average molecular weight is 321 g/mol. The Morgan fingerprint density at radius 3 is 2.09 bits per heavy atom. The molecule has 1 fully saturated rings. The van der Waals surface area contributed by atoms with Crippen molar-refractivity contribution in [1.29, 1.82) is 0 Å². The lowest BCUT2D eigenvalue weighted by molar-refractivity contribution is -0.128. The molecule has 1 saturated heterocycles. The van der Waals surface area contributed by atoms with Crippen molar-refractivity contribution < 1.29 is 19.1 Å². The normalized spacial score (nSPS) is 14.9. The average Bonchev–Trinajstić information content (AvgIpc) is 2.80. The van der Waals surface area contributed by atoms with E-state index >= 15 is 0 Å². The maximum atomic E-state index is 12.4. The van der Waals surface area contributed by atoms with Gasteiger partial charge in [0.15, 0.2) is 0 Å². The van der Waals surface area contributed by atoms with Crippen molar-refractivity contribution in [3.05, 3.63) is 18.2 Å². The van der Waals surface area contributed by atoms with E-state index in [4.69, 9.17) is 9.47 Å². The number of methoxy groups -OCH3 is 2. The van der Waals surface area contributed by atoms with E-state index in [1.807, 2.05) is 0 Å². The second-order valence-corrected chi connectivity index (χ2v) is 5.38. The summed E-state index contributed by atoms with van der Waals surface area (Å²) in [5.74, 6) is 1.27. The monoisotopic (exact) mass is 321 g/mol. The highest BCUT2D eigenvalue weighted by Crippen LogP contribution is 2.26. The van der Waals surface area contributed by atoms with Crippen LogP contribution in [0.25, 0.3) is 0 Å². The Balaban J connectivity index is 2.02. The zero-order valence-corrected chi connectivity index (χ0v) is 13.8. The van der Waals surface area contributed by atoms with Crippen LogP contribution in [0.15, 0.2) is 18.2 Å². The Morgan fingerprint density at radius 1 is 0.957 bits per heavy atom. The van der Waals surface area contributed by atoms with Crippen LogP contribution in [0.5, 0.6) is 11.5 Å². The summed E-state index contributed by atoms with van der Waals surface area (Å²) in [5.41, 5.74) is 0.610. The number of nitrogens with zero attached hydrogens (tertiary/aromatic N) is 2. The van der Waals surface area contributed by atoms with Crippen LogP contribution >= 0.6 is 0 Å². The van der Waals surface area contributed by atoms with Gasteiger partial charge in [0.05, 0.1) is 14.2 Å². The molecule has 0 unspecified atom stereocenters. The van der Waals surface area contributed by atoms with Crippen LogP contribution in [0.2, 0.25) is 0 Å². The Bertz CT molecular complexity index is 554. The predicted octanol–water partition coefficient (Wildman–Crippen LogP) is 1.79. The van der Waals surface area contributed by atoms with Gasteiger partial charge in [0.1, 0.15) is 11.5 Å². The molecule has 1 aromatic carbocycles. The topological polar surface area (TPSA) is 71.1 Å². The molecule has 0 spiro atoms. The first-order chi connectivity index (χ1) is 11.0.